The van der Waals surface area contributed by atoms with E-state index in [1.54, 1.807) is 0 Å². The summed E-state index contributed by atoms with van der Waals surface area (Å²) >= 11 is 0. The Labute approximate surface area is 109 Å². The van der Waals surface area contributed by atoms with Crippen LogP contribution in [0.1, 0.15) is 33.1 Å². The van der Waals surface area contributed by atoms with E-state index in [0.29, 0.717) is 13.2 Å². The molecule has 0 saturated carbocycles. The molecule has 0 saturated heterocycles. The number of esters is 1. The van der Waals surface area contributed by atoms with Gasteiger partial charge in [-0.3, -0.25) is 4.79 Å². The van der Waals surface area contributed by atoms with Gasteiger partial charge in [0.15, 0.2) is 0 Å². The standard InChI is InChI=1S/C13H23NO4/c1-5-6-7-18-9-11(3)14-12(15)8-10(2)13(16)17-4/h11H,2,5-9H2,1,3-4H3,(H,14,15). The third-order valence-corrected chi connectivity index (χ3v) is 2.27. The van der Waals surface area contributed by atoms with Crippen LogP contribution < -0.4 is 5.32 Å². The molecule has 0 aliphatic carbocycles. The van der Waals surface area contributed by atoms with E-state index in [1.165, 1.54) is 7.11 Å². The van der Waals surface area contributed by atoms with Crippen LogP contribution in [0.2, 0.25) is 0 Å². The number of hydrogen-bond donors (Lipinski definition) is 1. The van der Waals surface area contributed by atoms with E-state index >= 15 is 0 Å². The molecule has 104 valence electrons. The van der Waals surface area contributed by atoms with Gasteiger partial charge < -0.3 is 14.8 Å². The van der Waals surface area contributed by atoms with Crippen molar-refractivity contribution in [1.82, 2.24) is 5.32 Å². The van der Waals surface area contributed by atoms with Gasteiger partial charge in [0.05, 0.1) is 20.1 Å². The summed E-state index contributed by atoms with van der Waals surface area (Å²) in [6.07, 6.45) is 2.05. The van der Waals surface area contributed by atoms with Gasteiger partial charge >= 0.3 is 5.97 Å². The zero-order valence-electron chi connectivity index (χ0n) is 11.5. The average Bonchev–Trinajstić information content (AvgIpc) is 2.33. The summed E-state index contributed by atoms with van der Waals surface area (Å²) < 4.78 is 9.85. The van der Waals surface area contributed by atoms with Crippen LogP contribution in [0, 0.1) is 0 Å². The quantitative estimate of drug-likeness (QED) is 0.385. The van der Waals surface area contributed by atoms with Gasteiger partial charge in [-0.2, -0.15) is 0 Å². The van der Waals surface area contributed by atoms with Crippen molar-refractivity contribution < 1.29 is 19.1 Å². The molecule has 0 aliphatic rings. The largest absolute Gasteiger partial charge is 0.466 e. The van der Waals surface area contributed by atoms with Crippen LogP contribution in [-0.2, 0) is 19.1 Å². The fourth-order valence-corrected chi connectivity index (χ4v) is 1.28. The van der Waals surface area contributed by atoms with Crippen molar-refractivity contribution in [1.29, 1.82) is 0 Å². The molecule has 0 bridgehead atoms. The Morgan fingerprint density at radius 3 is 2.61 bits per heavy atom. The third kappa shape index (κ3) is 7.84. The van der Waals surface area contributed by atoms with Gasteiger partial charge in [0.25, 0.3) is 0 Å². The maximum absolute atomic E-state index is 11.5. The zero-order chi connectivity index (χ0) is 14.0. The Balaban J connectivity index is 3.80. The summed E-state index contributed by atoms with van der Waals surface area (Å²) in [7, 11) is 1.26. The third-order valence-electron chi connectivity index (χ3n) is 2.27. The number of carbonyl (C=O) groups excluding carboxylic acids is 2. The molecule has 1 amide bonds. The normalized spacial score (nSPS) is 11.7. The second kappa shape index (κ2) is 9.65. The minimum absolute atomic E-state index is 0.0496. The number of unbranched alkanes of at least 4 members (excludes halogenated alkanes) is 1. The highest BCUT2D eigenvalue weighted by Gasteiger charge is 2.13. The molecule has 0 heterocycles. The van der Waals surface area contributed by atoms with Crippen LogP contribution in [0.25, 0.3) is 0 Å². The molecule has 0 aromatic rings. The lowest BCUT2D eigenvalue weighted by atomic mass is 10.2. The second-order valence-electron chi connectivity index (χ2n) is 4.17. The molecular weight excluding hydrogens is 234 g/mol. The first-order valence-electron chi connectivity index (χ1n) is 6.14. The number of nitrogens with one attached hydrogen (secondary N) is 1. The Morgan fingerprint density at radius 1 is 1.39 bits per heavy atom. The molecule has 0 rings (SSSR count). The van der Waals surface area contributed by atoms with Crippen molar-refractivity contribution in [2.24, 2.45) is 0 Å². The van der Waals surface area contributed by atoms with Crippen molar-refractivity contribution in [3.8, 4) is 0 Å². The van der Waals surface area contributed by atoms with Crippen LogP contribution in [0.5, 0.6) is 0 Å². The van der Waals surface area contributed by atoms with Crippen LogP contribution >= 0.6 is 0 Å². The minimum atomic E-state index is -0.558. The van der Waals surface area contributed by atoms with Gasteiger partial charge in [0.1, 0.15) is 0 Å². The molecule has 1 atom stereocenters. The average molecular weight is 257 g/mol. The summed E-state index contributed by atoms with van der Waals surface area (Å²) in [5.41, 5.74) is 0.147. The Hall–Kier alpha value is -1.36. The molecule has 5 nitrogen and oxygen atoms in total. The first kappa shape index (κ1) is 16.6. The van der Waals surface area contributed by atoms with Crippen LogP contribution in [0.4, 0.5) is 0 Å². The van der Waals surface area contributed by atoms with Gasteiger partial charge in [-0.15, -0.1) is 0 Å². The monoisotopic (exact) mass is 257 g/mol. The highest BCUT2D eigenvalue weighted by Crippen LogP contribution is 2.00. The summed E-state index contributed by atoms with van der Waals surface area (Å²) in [4.78, 5) is 22.6. The van der Waals surface area contributed by atoms with E-state index in [1.807, 2.05) is 6.92 Å². The topological polar surface area (TPSA) is 64.6 Å². The predicted octanol–water partition coefficient (Wildman–Crippen LogP) is 1.43. The highest BCUT2D eigenvalue weighted by atomic mass is 16.5. The van der Waals surface area contributed by atoms with E-state index in [2.05, 4.69) is 23.6 Å². The van der Waals surface area contributed by atoms with Gasteiger partial charge in [0.2, 0.25) is 5.91 Å². The Kier molecular flexibility index (Phi) is 8.92. The zero-order valence-corrected chi connectivity index (χ0v) is 11.5. The van der Waals surface area contributed by atoms with Crippen molar-refractivity contribution in [2.45, 2.75) is 39.2 Å². The lowest BCUT2D eigenvalue weighted by molar-refractivity contribution is -0.137. The number of methoxy groups -OCH3 is 1. The fourth-order valence-electron chi connectivity index (χ4n) is 1.28. The van der Waals surface area contributed by atoms with Crippen LogP contribution in [-0.4, -0.2) is 38.2 Å². The van der Waals surface area contributed by atoms with Gasteiger partial charge in [-0.1, -0.05) is 19.9 Å². The molecule has 1 N–H and O–H groups in total. The van der Waals surface area contributed by atoms with E-state index in [0.717, 1.165) is 12.8 Å². The summed E-state index contributed by atoms with van der Waals surface area (Å²) in [6.45, 7) is 8.60. The summed E-state index contributed by atoms with van der Waals surface area (Å²) in [6, 6.07) is -0.0835. The van der Waals surface area contributed by atoms with Crippen molar-refractivity contribution >= 4 is 11.9 Å². The van der Waals surface area contributed by atoms with E-state index < -0.39 is 5.97 Å². The van der Waals surface area contributed by atoms with Crippen LogP contribution in [0.15, 0.2) is 12.2 Å². The molecule has 18 heavy (non-hydrogen) atoms. The second-order valence-corrected chi connectivity index (χ2v) is 4.17. The molecule has 0 aromatic carbocycles. The van der Waals surface area contributed by atoms with Crippen LogP contribution in [0.3, 0.4) is 0 Å². The van der Waals surface area contributed by atoms with Crippen molar-refractivity contribution in [2.75, 3.05) is 20.3 Å². The van der Waals surface area contributed by atoms with Crippen molar-refractivity contribution in [3.63, 3.8) is 0 Å². The number of hydrogen-bond acceptors (Lipinski definition) is 4. The van der Waals surface area contributed by atoms with Gasteiger partial charge in [-0.05, 0) is 13.3 Å². The minimum Gasteiger partial charge on any atom is -0.466 e. The molecular formula is C13H23NO4. The number of ether oxygens (including phenoxy) is 2. The maximum Gasteiger partial charge on any atom is 0.333 e. The molecule has 0 aliphatic heterocycles. The fraction of sp³-hybridized carbons (Fsp3) is 0.692. The molecule has 0 aromatic heterocycles. The van der Waals surface area contributed by atoms with Gasteiger partial charge in [-0.25, -0.2) is 4.79 Å². The van der Waals surface area contributed by atoms with Crippen molar-refractivity contribution in [3.05, 3.63) is 12.2 Å². The Bertz CT molecular complexity index is 289. The predicted molar refractivity (Wildman–Crippen MR) is 69.1 cm³/mol. The lowest BCUT2D eigenvalue weighted by Gasteiger charge is -2.14. The number of amides is 1. The highest BCUT2D eigenvalue weighted by molar-refractivity contribution is 5.94. The first-order chi connectivity index (χ1) is 8.51. The lowest BCUT2D eigenvalue weighted by Crippen LogP contribution is -2.36. The number of carbonyl (C=O) groups is 2. The molecule has 5 heteroatoms. The summed E-state index contributed by atoms with van der Waals surface area (Å²) in [5, 5.41) is 2.73. The Morgan fingerprint density at radius 2 is 2.06 bits per heavy atom. The summed E-state index contributed by atoms with van der Waals surface area (Å²) in [5.74, 6) is -0.811. The molecule has 0 fully saturated rings. The molecule has 1 unspecified atom stereocenters. The van der Waals surface area contributed by atoms with Gasteiger partial charge in [0, 0.05) is 18.2 Å². The first-order valence-corrected chi connectivity index (χ1v) is 6.14. The smallest absolute Gasteiger partial charge is 0.333 e. The SMILES string of the molecule is C=C(CC(=O)NC(C)COCCCC)C(=O)OC. The molecule has 0 radical (unpaired) electrons. The van der Waals surface area contributed by atoms with E-state index in [-0.39, 0.29) is 23.9 Å². The maximum atomic E-state index is 11.5. The van der Waals surface area contributed by atoms with E-state index in [4.69, 9.17) is 4.74 Å². The molecule has 0 spiro atoms. The van der Waals surface area contributed by atoms with E-state index in [9.17, 15) is 9.59 Å². The number of rotatable bonds is 9.